The summed E-state index contributed by atoms with van der Waals surface area (Å²) in [7, 11) is 0. The van der Waals surface area contributed by atoms with Crippen LogP contribution in [0.2, 0.25) is 0 Å². The van der Waals surface area contributed by atoms with Crippen molar-refractivity contribution in [3.05, 3.63) is 12.3 Å². The second-order valence-corrected chi connectivity index (χ2v) is 1.86. The van der Waals surface area contributed by atoms with Crippen LogP contribution in [0.4, 0.5) is 0 Å². The highest BCUT2D eigenvalue weighted by Crippen LogP contribution is 2.41. The van der Waals surface area contributed by atoms with Crippen LogP contribution in [-0.4, -0.2) is 18.2 Å². The average Bonchev–Trinajstić information content (AvgIpc) is 2.38. The molecule has 3 heteroatoms. The van der Waals surface area contributed by atoms with Gasteiger partial charge < -0.3 is 9.47 Å². The third-order valence-corrected chi connectivity index (χ3v) is 1.34. The van der Waals surface area contributed by atoms with E-state index in [1.54, 1.807) is 6.08 Å². The topological polar surface area (TPSA) is 38.8 Å². The molecule has 2 rings (SSSR count). The quantitative estimate of drug-likeness (QED) is 0.349. The average molecular weight is 112 g/mol. The molecule has 0 saturated carbocycles. The Morgan fingerprint density at radius 3 is 2.88 bits per heavy atom. The Labute approximate surface area is 45.9 Å². The van der Waals surface area contributed by atoms with Crippen molar-refractivity contribution >= 4 is 6.29 Å². The third-order valence-electron chi connectivity index (χ3n) is 1.34. The molecule has 0 aromatic carbocycles. The van der Waals surface area contributed by atoms with E-state index in [9.17, 15) is 4.79 Å². The molecule has 2 unspecified atom stereocenters. The first-order valence-electron chi connectivity index (χ1n) is 2.35. The van der Waals surface area contributed by atoms with Crippen molar-refractivity contribution in [1.82, 2.24) is 0 Å². The molecule has 2 aliphatic heterocycles. The minimum absolute atomic E-state index is 0.306. The van der Waals surface area contributed by atoms with E-state index < -0.39 is 5.60 Å². The fraction of sp³-hybridized carbons (Fsp3) is 0.400. The fourth-order valence-electron chi connectivity index (χ4n) is 0.743. The van der Waals surface area contributed by atoms with Crippen LogP contribution in [0.5, 0.6) is 0 Å². The number of aldehydes is 1. The van der Waals surface area contributed by atoms with Crippen LogP contribution in [-0.2, 0) is 14.3 Å². The predicted octanol–water partition coefficient (Wildman–Crippen LogP) is -0.176. The van der Waals surface area contributed by atoms with Gasteiger partial charge in [-0.1, -0.05) is 0 Å². The van der Waals surface area contributed by atoms with Crippen molar-refractivity contribution in [3.8, 4) is 0 Å². The Hall–Kier alpha value is -0.830. The van der Waals surface area contributed by atoms with Gasteiger partial charge in [0, 0.05) is 0 Å². The molecule has 42 valence electrons. The van der Waals surface area contributed by atoms with Crippen LogP contribution in [0.15, 0.2) is 12.3 Å². The van der Waals surface area contributed by atoms with Gasteiger partial charge in [0.2, 0.25) is 11.9 Å². The Morgan fingerprint density at radius 1 is 1.75 bits per heavy atom. The molecule has 0 amide bonds. The summed E-state index contributed by atoms with van der Waals surface area (Å²) in [5.41, 5.74) is -0.681. The van der Waals surface area contributed by atoms with Gasteiger partial charge in [-0.05, 0) is 6.08 Å². The molecular formula is C5H4O3. The van der Waals surface area contributed by atoms with E-state index in [0.717, 1.165) is 6.29 Å². The molecule has 0 spiro atoms. The molecule has 0 N–H and O–H groups in total. The van der Waals surface area contributed by atoms with Gasteiger partial charge in [0.05, 0.1) is 6.26 Å². The minimum Gasteiger partial charge on any atom is -0.469 e. The maximum absolute atomic E-state index is 10.1. The first kappa shape index (κ1) is 4.09. The Morgan fingerprint density at radius 2 is 2.62 bits per heavy atom. The number of rotatable bonds is 1. The van der Waals surface area contributed by atoms with Crippen LogP contribution >= 0.6 is 0 Å². The first-order chi connectivity index (χ1) is 3.87. The van der Waals surface area contributed by atoms with Crippen LogP contribution in [0.3, 0.4) is 0 Å². The third kappa shape index (κ3) is 0.272. The highest BCUT2D eigenvalue weighted by Gasteiger charge is 2.60. The van der Waals surface area contributed by atoms with Crippen molar-refractivity contribution in [2.75, 3.05) is 0 Å². The molecule has 0 radical (unpaired) electrons. The number of epoxide rings is 1. The van der Waals surface area contributed by atoms with E-state index >= 15 is 0 Å². The summed E-state index contributed by atoms with van der Waals surface area (Å²) < 4.78 is 9.60. The molecule has 2 aliphatic rings. The van der Waals surface area contributed by atoms with E-state index in [0.29, 0.717) is 0 Å². The van der Waals surface area contributed by atoms with Crippen molar-refractivity contribution in [3.63, 3.8) is 0 Å². The van der Waals surface area contributed by atoms with Crippen LogP contribution in [0, 0.1) is 0 Å². The largest absolute Gasteiger partial charge is 0.469 e. The second kappa shape index (κ2) is 0.951. The van der Waals surface area contributed by atoms with E-state index in [-0.39, 0.29) is 6.29 Å². The zero-order valence-electron chi connectivity index (χ0n) is 4.03. The maximum Gasteiger partial charge on any atom is 0.240 e. The Kier molecular flexibility index (Phi) is 0.486. The normalized spacial score (nSPS) is 47.8. The summed E-state index contributed by atoms with van der Waals surface area (Å²) >= 11 is 0. The number of carbonyl (C=O) groups is 1. The van der Waals surface area contributed by atoms with Crippen molar-refractivity contribution in [1.29, 1.82) is 0 Å². The van der Waals surface area contributed by atoms with Crippen molar-refractivity contribution in [2.24, 2.45) is 0 Å². The molecule has 2 atom stereocenters. The van der Waals surface area contributed by atoms with Gasteiger partial charge in [-0.15, -0.1) is 0 Å². The predicted molar refractivity (Wildman–Crippen MR) is 23.9 cm³/mol. The zero-order chi connectivity index (χ0) is 5.61. The van der Waals surface area contributed by atoms with Crippen LogP contribution < -0.4 is 0 Å². The lowest BCUT2D eigenvalue weighted by molar-refractivity contribution is -0.110. The van der Waals surface area contributed by atoms with E-state index in [1.165, 1.54) is 6.26 Å². The fourth-order valence-corrected chi connectivity index (χ4v) is 0.743. The molecule has 3 nitrogen and oxygen atoms in total. The molecule has 1 saturated heterocycles. The summed E-state index contributed by atoms with van der Waals surface area (Å²) in [4.78, 5) is 10.1. The molecule has 1 fully saturated rings. The lowest BCUT2D eigenvalue weighted by atomic mass is 10.2. The molecule has 0 aromatic heterocycles. The molecular weight excluding hydrogens is 108 g/mol. The maximum atomic E-state index is 10.1. The lowest BCUT2D eigenvalue weighted by Crippen LogP contribution is -2.08. The molecule has 0 aromatic rings. The van der Waals surface area contributed by atoms with Gasteiger partial charge in [0.1, 0.15) is 0 Å². The highest BCUT2D eigenvalue weighted by molar-refractivity contribution is 5.71. The standard InChI is InChI=1S/C5H4O3/c6-3-5-1-2-7-4(5)8-5/h1-4H. The number of carbonyl (C=O) groups excluding carboxylic acids is 1. The number of hydrogen-bond donors (Lipinski definition) is 0. The molecule has 0 bridgehead atoms. The summed E-state index contributed by atoms with van der Waals surface area (Å²) in [5, 5.41) is 0. The summed E-state index contributed by atoms with van der Waals surface area (Å²) in [6, 6.07) is 0. The summed E-state index contributed by atoms with van der Waals surface area (Å²) in [5.74, 6) is 0. The summed E-state index contributed by atoms with van der Waals surface area (Å²) in [6.07, 6.45) is 3.55. The molecule has 2 heterocycles. The monoisotopic (exact) mass is 112 g/mol. The van der Waals surface area contributed by atoms with E-state index in [1.807, 2.05) is 0 Å². The Balaban J connectivity index is 2.30. The van der Waals surface area contributed by atoms with Gasteiger partial charge in [0.15, 0.2) is 6.29 Å². The van der Waals surface area contributed by atoms with Crippen molar-refractivity contribution in [2.45, 2.75) is 11.9 Å². The second-order valence-electron chi connectivity index (χ2n) is 1.86. The SMILES string of the molecule is O=CC12C=COC1O2. The van der Waals surface area contributed by atoms with Crippen LogP contribution in [0.25, 0.3) is 0 Å². The Bertz CT molecular complexity index is 163. The van der Waals surface area contributed by atoms with Gasteiger partial charge in [-0.2, -0.15) is 0 Å². The highest BCUT2D eigenvalue weighted by atomic mass is 16.8. The van der Waals surface area contributed by atoms with E-state index in [2.05, 4.69) is 0 Å². The summed E-state index contributed by atoms with van der Waals surface area (Å²) in [6.45, 7) is 0. The number of ether oxygens (including phenoxy) is 2. The lowest BCUT2D eigenvalue weighted by Gasteiger charge is -1.81. The van der Waals surface area contributed by atoms with Gasteiger partial charge in [0.25, 0.3) is 0 Å². The van der Waals surface area contributed by atoms with Crippen molar-refractivity contribution < 1.29 is 14.3 Å². The smallest absolute Gasteiger partial charge is 0.240 e. The first-order valence-corrected chi connectivity index (χ1v) is 2.35. The van der Waals surface area contributed by atoms with Crippen LogP contribution in [0.1, 0.15) is 0 Å². The van der Waals surface area contributed by atoms with Gasteiger partial charge >= 0.3 is 0 Å². The van der Waals surface area contributed by atoms with Gasteiger partial charge in [-0.25, -0.2) is 0 Å². The molecule has 0 aliphatic carbocycles. The zero-order valence-corrected chi connectivity index (χ0v) is 4.03. The van der Waals surface area contributed by atoms with E-state index in [4.69, 9.17) is 9.47 Å². The molecule has 8 heavy (non-hydrogen) atoms. The minimum atomic E-state index is -0.681. The number of fused-ring (bicyclic) bond motifs is 1. The number of hydrogen-bond acceptors (Lipinski definition) is 3. The van der Waals surface area contributed by atoms with Gasteiger partial charge in [-0.3, -0.25) is 4.79 Å².